The van der Waals surface area contributed by atoms with E-state index in [9.17, 15) is 5.11 Å². The van der Waals surface area contributed by atoms with Crippen LogP contribution in [0.15, 0.2) is 42.5 Å². The molecule has 0 aliphatic rings. The Hall–Kier alpha value is -2.20. The molecule has 1 N–H and O–H groups in total. The lowest BCUT2D eigenvalue weighted by atomic mass is 10.0. The highest BCUT2D eigenvalue weighted by atomic mass is 16.7. The monoisotopic (exact) mass is 329 g/mol. The molecule has 0 spiro atoms. The average Bonchev–Trinajstić information content (AvgIpc) is 2.58. The SMILES string of the molecule is COCOc1cccc(CCCCc2c(O)cccc2N(C)C)c1. The van der Waals surface area contributed by atoms with E-state index < -0.39 is 0 Å². The van der Waals surface area contributed by atoms with Crippen LogP contribution in [0.5, 0.6) is 11.5 Å². The molecule has 0 radical (unpaired) electrons. The fourth-order valence-electron chi connectivity index (χ4n) is 2.79. The average molecular weight is 329 g/mol. The third kappa shape index (κ3) is 5.17. The van der Waals surface area contributed by atoms with Crippen LogP contribution in [0.3, 0.4) is 0 Å². The van der Waals surface area contributed by atoms with Crippen molar-refractivity contribution in [2.45, 2.75) is 25.7 Å². The van der Waals surface area contributed by atoms with Gasteiger partial charge in [0.2, 0.25) is 0 Å². The number of hydrogen-bond acceptors (Lipinski definition) is 4. The maximum atomic E-state index is 10.1. The Balaban J connectivity index is 1.87. The summed E-state index contributed by atoms with van der Waals surface area (Å²) in [7, 11) is 5.62. The number of benzene rings is 2. The molecule has 0 aliphatic heterocycles. The largest absolute Gasteiger partial charge is 0.508 e. The number of anilines is 1. The maximum absolute atomic E-state index is 10.1. The lowest BCUT2D eigenvalue weighted by molar-refractivity contribution is 0.0511. The minimum Gasteiger partial charge on any atom is -0.508 e. The van der Waals surface area contributed by atoms with E-state index in [2.05, 4.69) is 12.1 Å². The van der Waals surface area contributed by atoms with Gasteiger partial charge in [0.15, 0.2) is 6.79 Å². The Bertz CT molecular complexity index is 641. The van der Waals surface area contributed by atoms with Gasteiger partial charge in [-0.15, -0.1) is 0 Å². The summed E-state index contributed by atoms with van der Waals surface area (Å²) in [6.07, 6.45) is 3.96. The fraction of sp³-hybridized carbons (Fsp3) is 0.400. The predicted molar refractivity (Wildman–Crippen MR) is 98.0 cm³/mol. The molecule has 2 rings (SSSR count). The second kappa shape index (κ2) is 9.18. The number of phenolic OH excluding ortho intramolecular Hbond substituents is 1. The predicted octanol–water partition coefficient (Wildman–Crippen LogP) is 4.01. The molecule has 4 heteroatoms. The minimum absolute atomic E-state index is 0.268. The standard InChI is InChI=1S/C20H27NO3/c1-21(2)19-12-7-13-20(22)18(19)11-5-4-8-16-9-6-10-17(14-16)24-15-23-3/h6-7,9-10,12-14,22H,4-5,8,11,15H2,1-3H3. The van der Waals surface area contributed by atoms with E-state index in [-0.39, 0.29) is 6.79 Å². The zero-order valence-electron chi connectivity index (χ0n) is 14.8. The van der Waals surface area contributed by atoms with E-state index in [0.29, 0.717) is 5.75 Å². The van der Waals surface area contributed by atoms with Crippen molar-refractivity contribution in [2.24, 2.45) is 0 Å². The Morgan fingerprint density at radius 3 is 2.50 bits per heavy atom. The molecule has 0 aromatic heterocycles. The molecule has 0 fully saturated rings. The summed E-state index contributed by atoms with van der Waals surface area (Å²) in [6.45, 7) is 0.268. The zero-order valence-corrected chi connectivity index (χ0v) is 14.8. The highest BCUT2D eigenvalue weighted by molar-refractivity contribution is 5.58. The molecule has 0 amide bonds. The van der Waals surface area contributed by atoms with Crippen molar-refractivity contribution < 1.29 is 14.6 Å². The van der Waals surface area contributed by atoms with Crippen LogP contribution in [0, 0.1) is 0 Å². The lowest BCUT2D eigenvalue weighted by Crippen LogP contribution is -2.11. The second-order valence-electron chi connectivity index (χ2n) is 6.07. The molecule has 24 heavy (non-hydrogen) atoms. The van der Waals surface area contributed by atoms with Crippen LogP contribution in [-0.2, 0) is 17.6 Å². The maximum Gasteiger partial charge on any atom is 0.188 e. The number of ether oxygens (including phenoxy) is 2. The van der Waals surface area contributed by atoms with Crippen LogP contribution in [0.25, 0.3) is 0 Å². The van der Waals surface area contributed by atoms with Gasteiger partial charge in [0.05, 0.1) is 0 Å². The molecule has 0 atom stereocenters. The first-order valence-electron chi connectivity index (χ1n) is 8.30. The van der Waals surface area contributed by atoms with Gasteiger partial charge in [-0.3, -0.25) is 0 Å². The number of phenols is 1. The topological polar surface area (TPSA) is 41.9 Å². The third-order valence-electron chi connectivity index (χ3n) is 3.99. The van der Waals surface area contributed by atoms with Crippen LogP contribution in [0.4, 0.5) is 5.69 Å². The van der Waals surface area contributed by atoms with Gasteiger partial charge in [-0.2, -0.15) is 0 Å². The van der Waals surface area contributed by atoms with Crippen molar-refractivity contribution >= 4 is 5.69 Å². The van der Waals surface area contributed by atoms with E-state index >= 15 is 0 Å². The van der Waals surface area contributed by atoms with E-state index in [4.69, 9.17) is 9.47 Å². The van der Waals surface area contributed by atoms with Crippen LogP contribution in [0.2, 0.25) is 0 Å². The minimum atomic E-state index is 0.268. The zero-order chi connectivity index (χ0) is 17.4. The quantitative estimate of drug-likeness (QED) is 0.557. The molecule has 0 bridgehead atoms. The number of aryl methyl sites for hydroxylation is 1. The van der Waals surface area contributed by atoms with Crippen LogP contribution in [-0.4, -0.2) is 33.1 Å². The van der Waals surface area contributed by atoms with Gasteiger partial charge in [0.1, 0.15) is 11.5 Å². The molecule has 2 aromatic rings. The van der Waals surface area contributed by atoms with Gasteiger partial charge in [-0.05, 0) is 55.5 Å². The highest BCUT2D eigenvalue weighted by Gasteiger charge is 2.09. The van der Waals surface area contributed by atoms with Gasteiger partial charge < -0.3 is 19.5 Å². The number of aromatic hydroxyl groups is 1. The Kier molecular flexibility index (Phi) is 6.94. The van der Waals surface area contributed by atoms with Gasteiger partial charge in [-0.1, -0.05) is 18.2 Å². The van der Waals surface area contributed by atoms with Crippen LogP contribution in [0.1, 0.15) is 24.0 Å². The molecule has 0 heterocycles. The summed E-state index contributed by atoms with van der Waals surface area (Å²) in [6, 6.07) is 13.8. The van der Waals surface area contributed by atoms with Crippen molar-refractivity contribution in [3.05, 3.63) is 53.6 Å². The van der Waals surface area contributed by atoms with Crippen LogP contribution < -0.4 is 9.64 Å². The fourth-order valence-corrected chi connectivity index (χ4v) is 2.79. The Morgan fingerprint density at radius 1 is 1.00 bits per heavy atom. The van der Waals surface area contributed by atoms with Gasteiger partial charge >= 0.3 is 0 Å². The first-order valence-corrected chi connectivity index (χ1v) is 8.30. The smallest absolute Gasteiger partial charge is 0.188 e. The molecule has 130 valence electrons. The highest BCUT2D eigenvalue weighted by Crippen LogP contribution is 2.29. The summed E-state index contributed by atoms with van der Waals surface area (Å²) in [4.78, 5) is 2.05. The molecule has 2 aromatic carbocycles. The van der Waals surface area contributed by atoms with E-state index in [1.807, 2.05) is 43.3 Å². The number of nitrogens with zero attached hydrogens (tertiary/aromatic N) is 1. The molecule has 0 unspecified atom stereocenters. The first-order chi connectivity index (χ1) is 11.6. The van der Waals surface area contributed by atoms with Gasteiger partial charge in [0.25, 0.3) is 0 Å². The summed E-state index contributed by atoms with van der Waals surface area (Å²) in [5.41, 5.74) is 3.37. The molecule has 0 saturated carbocycles. The molecule has 0 saturated heterocycles. The van der Waals surface area contributed by atoms with Crippen molar-refractivity contribution in [3.8, 4) is 11.5 Å². The van der Waals surface area contributed by atoms with E-state index in [1.54, 1.807) is 13.2 Å². The molecule has 0 aliphatic carbocycles. The second-order valence-corrected chi connectivity index (χ2v) is 6.07. The summed E-state index contributed by atoms with van der Waals surface area (Å²) >= 11 is 0. The number of rotatable bonds is 9. The Labute approximate surface area is 144 Å². The number of methoxy groups -OCH3 is 1. The summed E-state index contributed by atoms with van der Waals surface area (Å²) < 4.78 is 10.4. The molecular formula is C20H27NO3. The van der Waals surface area contributed by atoms with Gasteiger partial charge in [0, 0.05) is 32.5 Å². The number of unbranched alkanes of at least 4 members (excludes halogenated alkanes) is 1. The van der Waals surface area contributed by atoms with Gasteiger partial charge in [-0.25, -0.2) is 0 Å². The Morgan fingerprint density at radius 2 is 1.75 bits per heavy atom. The molecule has 4 nitrogen and oxygen atoms in total. The summed E-state index contributed by atoms with van der Waals surface area (Å²) in [5.74, 6) is 1.22. The van der Waals surface area contributed by atoms with E-state index in [1.165, 1.54) is 5.56 Å². The normalized spacial score (nSPS) is 10.6. The van der Waals surface area contributed by atoms with Crippen molar-refractivity contribution in [2.75, 3.05) is 32.9 Å². The van der Waals surface area contributed by atoms with E-state index in [0.717, 1.165) is 42.7 Å². The first kappa shape index (κ1) is 18.1. The van der Waals surface area contributed by atoms with Crippen molar-refractivity contribution in [3.63, 3.8) is 0 Å². The number of hydrogen-bond donors (Lipinski definition) is 1. The summed E-state index contributed by atoms with van der Waals surface area (Å²) in [5, 5.41) is 10.1. The third-order valence-corrected chi connectivity index (χ3v) is 3.99. The van der Waals surface area contributed by atoms with Crippen molar-refractivity contribution in [1.29, 1.82) is 0 Å². The van der Waals surface area contributed by atoms with Crippen molar-refractivity contribution in [1.82, 2.24) is 0 Å². The van der Waals surface area contributed by atoms with Crippen LogP contribution >= 0.6 is 0 Å². The lowest BCUT2D eigenvalue weighted by Gasteiger charge is -2.18. The molecular weight excluding hydrogens is 302 g/mol.